The molecule has 0 bridgehead atoms. The first-order valence-corrected chi connectivity index (χ1v) is 7.75. The number of para-hydroxylation sites is 1. The van der Waals surface area contributed by atoms with Gasteiger partial charge in [0.15, 0.2) is 0 Å². The maximum atomic E-state index is 12.0. The molecule has 2 aromatic rings. The molecule has 0 radical (unpaired) electrons. The molecule has 0 saturated heterocycles. The number of carbonyl (C=O) groups excluding carboxylic acids is 1. The number of nitrogens with zero attached hydrogens (tertiary/aromatic N) is 1. The van der Waals surface area contributed by atoms with Crippen LogP contribution in [0.5, 0.6) is 0 Å². The van der Waals surface area contributed by atoms with Gasteiger partial charge in [-0.25, -0.2) is 4.98 Å². The van der Waals surface area contributed by atoms with E-state index in [0.717, 1.165) is 10.6 Å². The highest BCUT2D eigenvalue weighted by atomic mass is 35.5. The Kier molecular flexibility index (Phi) is 4.93. The van der Waals surface area contributed by atoms with E-state index in [0.29, 0.717) is 5.69 Å². The number of aromatic nitrogens is 1. The second-order valence-corrected chi connectivity index (χ2v) is 5.39. The summed E-state index contributed by atoms with van der Waals surface area (Å²) in [5.41, 5.74) is 7.49. The average molecular weight is 323 g/mol. The fourth-order valence-corrected chi connectivity index (χ4v) is 2.64. The van der Waals surface area contributed by atoms with E-state index in [2.05, 4.69) is 15.6 Å². The highest BCUT2D eigenvalue weighted by Crippen LogP contribution is 2.31. The van der Waals surface area contributed by atoms with Gasteiger partial charge in [0.2, 0.25) is 0 Å². The smallest absolute Gasteiger partial charge is 0.256 e. The molecule has 0 aliphatic carbocycles. The third-order valence-corrected chi connectivity index (χ3v) is 3.84. The van der Waals surface area contributed by atoms with Crippen LogP contribution in [-0.2, 0) is 0 Å². The zero-order valence-electron chi connectivity index (χ0n) is 11.6. The highest BCUT2D eigenvalue weighted by Gasteiger charge is 2.17. The van der Waals surface area contributed by atoms with Crippen LogP contribution in [0.3, 0.4) is 0 Å². The average Bonchev–Trinajstić information content (AvgIpc) is 2.46. The van der Waals surface area contributed by atoms with Gasteiger partial charge in [-0.15, -0.1) is 11.8 Å². The van der Waals surface area contributed by atoms with Crippen LogP contribution in [0.1, 0.15) is 10.4 Å². The van der Waals surface area contributed by atoms with Crippen molar-refractivity contribution in [3.05, 3.63) is 41.0 Å². The van der Waals surface area contributed by atoms with Crippen LogP contribution in [0.2, 0.25) is 5.15 Å². The first kappa shape index (κ1) is 15.5. The molecule has 2 rings (SSSR count). The minimum atomic E-state index is -0.319. The molecule has 0 aliphatic heterocycles. The second-order valence-electron chi connectivity index (χ2n) is 4.16. The standard InChI is InChI=1S/C14H15ClN4OS/c1-17-14(20)12-9(7-11(15)19-13(12)16)18-8-5-3-4-6-10(8)21-2/h3-7H,1-2H3,(H,17,20)(H3,16,18,19). The van der Waals surface area contributed by atoms with Crippen molar-refractivity contribution in [3.8, 4) is 0 Å². The molecule has 21 heavy (non-hydrogen) atoms. The fraction of sp³-hybridized carbons (Fsp3) is 0.143. The van der Waals surface area contributed by atoms with Crippen molar-refractivity contribution in [2.75, 3.05) is 24.4 Å². The lowest BCUT2D eigenvalue weighted by Gasteiger charge is -2.15. The number of nitrogens with two attached hydrogens (primary N) is 1. The quantitative estimate of drug-likeness (QED) is 0.595. The van der Waals surface area contributed by atoms with E-state index in [1.165, 1.54) is 7.05 Å². The van der Waals surface area contributed by atoms with Crippen LogP contribution in [0.4, 0.5) is 17.2 Å². The topological polar surface area (TPSA) is 80.0 Å². The molecule has 0 spiro atoms. The molecule has 4 N–H and O–H groups in total. The molecule has 110 valence electrons. The number of halogens is 1. The maximum Gasteiger partial charge on any atom is 0.256 e. The molecule has 0 fully saturated rings. The second kappa shape index (κ2) is 6.69. The number of nitrogens with one attached hydrogen (secondary N) is 2. The lowest BCUT2D eigenvalue weighted by Crippen LogP contribution is -2.21. The summed E-state index contributed by atoms with van der Waals surface area (Å²) in [6, 6.07) is 9.35. The zero-order valence-corrected chi connectivity index (χ0v) is 13.2. The van der Waals surface area contributed by atoms with Crippen molar-refractivity contribution < 1.29 is 4.79 Å². The molecule has 1 heterocycles. The number of hydrogen-bond donors (Lipinski definition) is 3. The third kappa shape index (κ3) is 3.40. The summed E-state index contributed by atoms with van der Waals surface area (Å²) in [5.74, 6) is -0.230. The van der Waals surface area contributed by atoms with Gasteiger partial charge in [0, 0.05) is 11.9 Å². The molecular formula is C14H15ClN4OS. The summed E-state index contributed by atoms with van der Waals surface area (Å²) in [6.07, 6.45) is 1.98. The van der Waals surface area contributed by atoms with Crippen molar-refractivity contribution in [3.63, 3.8) is 0 Å². The van der Waals surface area contributed by atoms with Crippen LogP contribution >= 0.6 is 23.4 Å². The van der Waals surface area contributed by atoms with Crippen LogP contribution < -0.4 is 16.4 Å². The van der Waals surface area contributed by atoms with Crippen LogP contribution in [0, 0.1) is 0 Å². The zero-order chi connectivity index (χ0) is 15.4. The fourth-order valence-electron chi connectivity index (χ4n) is 1.89. The molecule has 1 aromatic heterocycles. The Labute approximate surface area is 132 Å². The number of pyridine rings is 1. The van der Waals surface area contributed by atoms with Crippen molar-refractivity contribution in [1.29, 1.82) is 0 Å². The van der Waals surface area contributed by atoms with E-state index in [9.17, 15) is 4.79 Å². The lowest BCUT2D eigenvalue weighted by atomic mass is 10.2. The summed E-state index contributed by atoms with van der Waals surface area (Å²) in [6.45, 7) is 0. The van der Waals surface area contributed by atoms with Gasteiger partial charge in [0.1, 0.15) is 16.5 Å². The predicted molar refractivity (Wildman–Crippen MR) is 88.6 cm³/mol. The minimum Gasteiger partial charge on any atom is -0.383 e. The van der Waals surface area contributed by atoms with E-state index >= 15 is 0 Å². The molecule has 0 unspecified atom stereocenters. The first-order valence-electron chi connectivity index (χ1n) is 6.15. The van der Waals surface area contributed by atoms with E-state index in [-0.39, 0.29) is 22.4 Å². The molecule has 0 saturated carbocycles. The van der Waals surface area contributed by atoms with Gasteiger partial charge >= 0.3 is 0 Å². The SMILES string of the molecule is CNC(=O)c1c(Nc2ccccc2SC)cc(Cl)nc1N. The Bertz CT molecular complexity index is 678. The van der Waals surface area contributed by atoms with E-state index in [1.54, 1.807) is 17.8 Å². The minimum absolute atomic E-state index is 0.0889. The van der Waals surface area contributed by atoms with Gasteiger partial charge in [-0.1, -0.05) is 23.7 Å². The number of carbonyl (C=O) groups is 1. The Hall–Kier alpha value is -1.92. The number of nitrogen functional groups attached to an aromatic ring is 1. The van der Waals surface area contributed by atoms with Crippen molar-refractivity contribution in [2.45, 2.75) is 4.90 Å². The van der Waals surface area contributed by atoms with Crippen molar-refractivity contribution in [2.24, 2.45) is 0 Å². The molecule has 1 aromatic carbocycles. The van der Waals surface area contributed by atoms with Gasteiger partial charge in [-0.3, -0.25) is 4.79 Å². The van der Waals surface area contributed by atoms with Crippen molar-refractivity contribution >= 4 is 46.5 Å². The molecule has 5 nitrogen and oxygen atoms in total. The Balaban J connectivity index is 2.50. The van der Waals surface area contributed by atoms with E-state index < -0.39 is 0 Å². The molecule has 0 atom stereocenters. The van der Waals surface area contributed by atoms with Crippen LogP contribution in [-0.4, -0.2) is 24.2 Å². The van der Waals surface area contributed by atoms with Crippen LogP contribution in [0.25, 0.3) is 0 Å². The normalized spacial score (nSPS) is 10.2. The summed E-state index contributed by atoms with van der Waals surface area (Å²) < 4.78 is 0. The Morgan fingerprint density at radius 1 is 1.33 bits per heavy atom. The monoisotopic (exact) mass is 322 g/mol. The number of anilines is 3. The third-order valence-electron chi connectivity index (χ3n) is 2.85. The number of thioether (sulfide) groups is 1. The maximum absolute atomic E-state index is 12.0. The lowest BCUT2D eigenvalue weighted by molar-refractivity contribution is 0.0964. The predicted octanol–water partition coefficient (Wildman–Crippen LogP) is 3.14. The van der Waals surface area contributed by atoms with E-state index in [4.69, 9.17) is 17.3 Å². The van der Waals surface area contributed by atoms with Crippen LogP contribution in [0.15, 0.2) is 35.2 Å². The van der Waals surface area contributed by atoms with Gasteiger partial charge in [0.05, 0.1) is 11.4 Å². The number of amides is 1. The number of rotatable bonds is 4. The molecular weight excluding hydrogens is 308 g/mol. The molecule has 7 heteroatoms. The Morgan fingerprint density at radius 3 is 2.71 bits per heavy atom. The summed E-state index contributed by atoms with van der Waals surface area (Å²) in [7, 11) is 1.54. The van der Waals surface area contributed by atoms with Gasteiger partial charge < -0.3 is 16.4 Å². The number of hydrogen-bond acceptors (Lipinski definition) is 5. The highest BCUT2D eigenvalue weighted by molar-refractivity contribution is 7.98. The number of benzene rings is 1. The van der Waals surface area contributed by atoms with Crippen molar-refractivity contribution in [1.82, 2.24) is 10.3 Å². The first-order chi connectivity index (χ1) is 10.1. The summed E-state index contributed by atoms with van der Waals surface area (Å²) in [5, 5.41) is 5.98. The summed E-state index contributed by atoms with van der Waals surface area (Å²) >= 11 is 7.54. The Morgan fingerprint density at radius 2 is 2.05 bits per heavy atom. The van der Waals surface area contributed by atoms with Gasteiger partial charge in [0.25, 0.3) is 5.91 Å². The molecule has 1 amide bonds. The van der Waals surface area contributed by atoms with Gasteiger partial charge in [-0.2, -0.15) is 0 Å². The van der Waals surface area contributed by atoms with E-state index in [1.807, 2.05) is 30.5 Å². The molecule has 0 aliphatic rings. The summed E-state index contributed by atoms with van der Waals surface area (Å²) in [4.78, 5) is 17.0. The van der Waals surface area contributed by atoms with Gasteiger partial charge in [-0.05, 0) is 24.5 Å². The largest absolute Gasteiger partial charge is 0.383 e.